The number of esters is 1. The van der Waals surface area contributed by atoms with Gasteiger partial charge >= 0.3 is 12.1 Å². The maximum Gasteiger partial charge on any atom is 0.416 e. The molecule has 0 aromatic heterocycles. The number of hydrogen-bond donors (Lipinski definition) is 0. The van der Waals surface area contributed by atoms with Gasteiger partial charge in [0, 0.05) is 5.56 Å². The third-order valence-corrected chi connectivity index (χ3v) is 4.78. The smallest absolute Gasteiger partial charge is 0.416 e. The lowest BCUT2D eigenvalue weighted by Crippen LogP contribution is -2.17. The molecule has 0 bridgehead atoms. The number of alkyl halides is 3. The quantitative estimate of drug-likeness (QED) is 0.744. The van der Waals surface area contributed by atoms with Gasteiger partial charge in [0.1, 0.15) is 19.8 Å². The summed E-state index contributed by atoms with van der Waals surface area (Å²) in [5.41, 5.74) is 0.141. The number of fused-ring (bicyclic) bond motifs is 1. The minimum absolute atomic E-state index is 0.00446. The second-order valence-corrected chi connectivity index (χ2v) is 6.58. The van der Waals surface area contributed by atoms with Crippen molar-refractivity contribution in [2.45, 2.75) is 25.1 Å². The molecule has 142 valence electrons. The maximum atomic E-state index is 13.2. The van der Waals surface area contributed by atoms with Crippen molar-refractivity contribution in [3.8, 4) is 11.5 Å². The number of hydrogen-bond acceptors (Lipinski definition) is 4. The van der Waals surface area contributed by atoms with Gasteiger partial charge < -0.3 is 14.2 Å². The molecule has 0 amide bonds. The number of halogens is 3. The molecule has 2 unspecified atom stereocenters. The Labute approximate surface area is 153 Å². The Balaban J connectivity index is 1.42. The number of carbonyl (C=O) groups is 1. The fraction of sp³-hybridized carbons (Fsp3) is 0.350. The predicted molar refractivity (Wildman–Crippen MR) is 89.5 cm³/mol. The molecule has 2 atom stereocenters. The van der Waals surface area contributed by atoms with Crippen molar-refractivity contribution >= 4 is 5.97 Å². The maximum absolute atomic E-state index is 13.2. The predicted octanol–water partition coefficient (Wildman–Crippen LogP) is 4.32. The van der Waals surface area contributed by atoms with Crippen LogP contribution in [0.2, 0.25) is 0 Å². The van der Waals surface area contributed by atoms with Crippen molar-refractivity contribution in [3.63, 3.8) is 0 Å². The molecule has 0 saturated heterocycles. The van der Waals surface area contributed by atoms with Gasteiger partial charge in [-0.3, -0.25) is 4.79 Å². The number of benzene rings is 2. The van der Waals surface area contributed by atoms with E-state index in [1.54, 1.807) is 24.3 Å². The zero-order chi connectivity index (χ0) is 19.0. The minimum Gasteiger partial charge on any atom is -0.486 e. The van der Waals surface area contributed by atoms with Crippen LogP contribution >= 0.6 is 0 Å². The van der Waals surface area contributed by atoms with Crippen LogP contribution in [0.3, 0.4) is 0 Å². The van der Waals surface area contributed by atoms with Crippen LogP contribution in [0.15, 0.2) is 42.5 Å². The highest BCUT2D eigenvalue weighted by molar-refractivity contribution is 5.77. The van der Waals surface area contributed by atoms with E-state index >= 15 is 0 Å². The van der Waals surface area contributed by atoms with E-state index < -0.39 is 29.5 Å². The summed E-state index contributed by atoms with van der Waals surface area (Å²) in [7, 11) is 0. The van der Waals surface area contributed by atoms with Crippen LogP contribution in [0.25, 0.3) is 0 Å². The van der Waals surface area contributed by atoms with E-state index in [1.807, 2.05) is 0 Å². The first-order chi connectivity index (χ1) is 12.9. The fourth-order valence-electron chi connectivity index (χ4n) is 3.38. The van der Waals surface area contributed by atoms with Crippen molar-refractivity contribution in [1.29, 1.82) is 0 Å². The molecule has 0 N–H and O–H groups in total. The number of rotatable bonds is 4. The lowest BCUT2D eigenvalue weighted by Gasteiger charge is -2.20. The van der Waals surface area contributed by atoms with Crippen LogP contribution < -0.4 is 9.47 Å². The molecular weight excluding hydrogens is 361 g/mol. The number of ether oxygens (including phenoxy) is 3. The summed E-state index contributed by atoms with van der Waals surface area (Å²) >= 11 is 0. The van der Waals surface area contributed by atoms with Gasteiger partial charge in [0.05, 0.1) is 11.5 Å². The van der Waals surface area contributed by atoms with E-state index in [0.717, 1.165) is 6.07 Å². The van der Waals surface area contributed by atoms with Crippen molar-refractivity contribution in [3.05, 3.63) is 59.2 Å². The molecular formula is C20H17F3O4. The van der Waals surface area contributed by atoms with E-state index in [0.29, 0.717) is 36.7 Å². The third kappa shape index (κ3) is 3.59. The van der Waals surface area contributed by atoms with Crippen LogP contribution in [0.1, 0.15) is 29.0 Å². The molecule has 1 aliphatic heterocycles. The van der Waals surface area contributed by atoms with E-state index in [-0.39, 0.29) is 12.2 Å². The molecule has 0 spiro atoms. The standard InChI is InChI=1S/C20H17F3O4/c21-20(22,23)16-6-2-1-5-13(16)14-10-15(14)19(24)27-11-12-4-3-7-17-18(12)26-9-8-25-17/h1-7,14-15H,8-11H2. The molecule has 1 fully saturated rings. The summed E-state index contributed by atoms with van der Waals surface area (Å²) in [5, 5.41) is 0. The Morgan fingerprint density at radius 2 is 1.85 bits per heavy atom. The monoisotopic (exact) mass is 378 g/mol. The molecule has 7 heteroatoms. The third-order valence-electron chi connectivity index (χ3n) is 4.78. The van der Waals surface area contributed by atoms with Gasteiger partial charge in [0.2, 0.25) is 0 Å². The van der Waals surface area contributed by atoms with Gasteiger partial charge in [-0.1, -0.05) is 30.3 Å². The zero-order valence-corrected chi connectivity index (χ0v) is 14.3. The van der Waals surface area contributed by atoms with E-state index in [4.69, 9.17) is 14.2 Å². The molecule has 27 heavy (non-hydrogen) atoms. The highest BCUT2D eigenvalue weighted by atomic mass is 19.4. The summed E-state index contributed by atoms with van der Waals surface area (Å²) in [5.74, 6) is -0.361. The van der Waals surface area contributed by atoms with Crippen LogP contribution in [0.5, 0.6) is 11.5 Å². The SMILES string of the molecule is O=C(OCc1cccc2c1OCCO2)C1CC1c1ccccc1C(F)(F)F. The van der Waals surface area contributed by atoms with E-state index in [1.165, 1.54) is 12.1 Å². The second-order valence-electron chi connectivity index (χ2n) is 6.58. The number of carbonyl (C=O) groups excluding carboxylic acids is 1. The Bertz CT molecular complexity index is 863. The lowest BCUT2D eigenvalue weighted by molar-refractivity contribution is -0.147. The summed E-state index contributed by atoms with van der Waals surface area (Å²) in [6.07, 6.45) is -4.08. The molecule has 2 aromatic carbocycles. The van der Waals surface area contributed by atoms with Crippen molar-refractivity contribution in [1.82, 2.24) is 0 Å². The highest BCUT2D eigenvalue weighted by Crippen LogP contribution is 2.51. The van der Waals surface area contributed by atoms with E-state index in [9.17, 15) is 18.0 Å². The van der Waals surface area contributed by atoms with Gasteiger partial charge in [0.15, 0.2) is 11.5 Å². The van der Waals surface area contributed by atoms with Crippen LogP contribution in [0, 0.1) is 5.92 Å². The van der Waals surface area contributed by atoms with Gasteiger partial charge in [-0.05, 0) is 30.0 Å². The fourth-order valence-corrected chi connectivity index (χ4v) is 3.38. The molecule has 4 rings (SSSR count). The Hall–Kier alpha value is -2.70. The van der Waals surface area contributed by atoms with Crippen molar-refractivity contribution in [2.24, 2.45) is 5.92 Å². The van der Waals surface area contributed by atoms with Crippen LogP contribution in [-0.4, -0.2) is 19.2 Å². The second kappa shape index (κ2) is 6.79. The Morgan fingerprint density at radius 1 is 1.07 bits per heavy atom. The zero-order valence-electron chi connectivity index (χ0n) is 14.3. The molecule has 1 aliphatic carbocycles. The van der Waals surface area contributed by atoms with Gasteiger partial charge in [-0.2, -0.15) is 13.2 Å². The van der Waals surface area contributed by atoms with Crippen molar-refractivity contribution in [2.75, 3.05) is 13.2 Å². The largest absolute Gasteiger partial charge is 0.486 e. The average molecular weight is 378 g/mol. The molecule has 1 heterocycles. The van der Waals surface area contributed by atoms with Gasteiger partial charge in [0.25, 0.3) is 0 Å². The Morgan fingerprint density at radius 3 is 2.67 bits per heavy atom. The molecule has 1 saturated carbocycles. The highest BCUT2D eigenvalue weighted by Gasteiger charge is 2.48. The first kappa shape index (κ1) is 17.7. The summed E-state index contributed by atoms with van der Waals surface area (Å²) in [6, 6.07) is 10.7. The van der Waals surface area contributed by atoms with E-state index in [2.05, 4.69) is 0 Å². The first-order valence-electron chi connectivity index (χ1n) is 8.65. The molecule has 4 nitrogen and oxygen atoms in total. The van der Waals surface area contributed by atoms with Gasteiger partial charge in [-0.15, -0.1) is 0 Å². The molecule has 2 aliphatic rings. The molecule has 0 radical (unpaired) electrons. The topological polar surface area (TPSA) is 44.8 Å². The summed E-state index contributed by atoms with van der Waals surface area (Å²) < 4.78 is 55.8. The molecule has 2 aromatic rings. The van der Waals surface area contributed by atoms with Crippen LogP contribution in [0.4, 0.5) is 13.2 Å². The number of para-hydroxylation sites is 1. The average Bonchev–Trinajstić information content (AvgIpc) is 3.46. The Kier molecular flexibility index (Phi) is 4.45. The summed E-state index contributed by atoms with van der Waals surface area (Å²) in [6.45, 7) is 0.866. The minimum atomic E-state index is -4.44. The van der Waals surface area contributed by atoms with Crippen LogP contribution in [-0.2, 0) is 22.3 Å². The van der Waals surface area contributed by atoms with Crippen molar-refractivity contribution < 1.29 is 32.2 Å². The van der Waals surface area contributed by atoms with Gasteiger partial charge in [-0.25, -0.2) is 0 Å². The first-order valence-corrected chi connectivity index (χ1v) is 8.65. The lowest BCUT2D eigenvalue weighted by atomic mass is 10.0. The normalized spacial score (nSPS) is 20.9. The summed E-state index contributed by atoms with van der Waals surface area (Å²) in [4.78, 5) is 12.3.